The van der Waals surface area contributed by atoms with Crippen LogP contribution < -0.4 is 5.32 Å². The minimum Gasteiger partial charge on any atom is -0.396 e. The van der Waals surface area contributed by atoms with Crippen molar-refractivity contribution in [1.29, 1.82) is 0 Å². The van der Waals surface area contributed by atoms with Gasteiger partial charge in [-0.25, -0.2) is 0 Å². The number of nitrogens with one attached hydrogen (secondary N) is 1. The molecule has 0 aliphatic heterocycles. The molecule has 0 aromatic carbocycles. The Balaban J connectivity index is 2.10. The fourth-order valence-electron chi connectivity index (χ4n) is 0.958. The Kier molecular flexibility index (Phi) is 2.09. The average Bonchev–Trinajstić information content (AvgIpc) is 2.65. The van der Waals surface area contributed by atoms with E-state index in [1.54, 1.807) is 0 Å². The van der Waals surface area contributed by atoms with Crippen LogP contribution in [0.2, 0.25) is 0 Å². The zero-order valence-electron chi connectivity index (χ0n) is 5.98. The Hall–Kier alpha value is -0.0800. The van der Waals surface area contributed by atoms with E-state index in [9.17, 15) is 0 Å². The Morgan fingerprint density at radius 3 is 2.56 bits per heavy atom. The van der Waals surface area contributed by atoms with Crippen LogP contribution in [-0.4, -0.2) is 24.8 Å². The highest BCUT2D eigenvalue weighted by atomic mass is 16.3. The SMILES string of the molecule is CCNCC1(CO)CC1. The molecular formula is C7H15NO. The Morgan fingerprint density at radius 1 is 1.56 bits per heavy atom. The molecule has 0 bridgehead atoms. The fourth-order valence-corrected chi connectivity index (χ4v) is 0.958. The summed E-state index contributed by atoms with van der Waals surface area (Å²) in [6.45, 7) is 4.47. The van der Waals surface area contributed by atoms with Crippen LogP contribution in [0.1, 0.15) is 19.8 Å². The van der Waals surface area contributed by atoms with Crippen molar-refractivity contribution in [2.24, 2.45) is 5.41 Å². The summed E-state index contributed by atoms with van der Waals surface area (Å²) in [5.41, 5.74) is 0.288. The van der Waals surface area contributed by atoms with Gasteiger partial charge in [-0.3, -0.25) is 0 Å². The molecule has 1 saturated carbocycles. The molecule has 1 aliphatic rings. The summed E-state index contributed by atoms with van der Waals surface area (Å²) >= 11 is 0. The Morgan fingerprint density at radius 2 is 2.22 bits per heavy atom. The minimum absolute atomic E-state index is 0.288. The van der Waals surface area contributed by atoms with Gasteiger partial charge in [0.25, 0.3) is 0 Å². The van der Waals surface area contributed by atoms with Crippen molar-refractivity contribution in [3.8, 4) is 0 Å². The molecule has 0 spiro atoms. The maximum absolute atomic E-state index is 8.84. The molecule has 1 rings (SSSR count). The number of hydrogen-bond donors (Lipinski definition) is 2. The topological polar surface area (TPSA) is 32.3 Å². The summed E-state index contributed by atoms with van der Waals surface area (Å²) in [5.74, 6) is 0. The second-order valence-corrected chi connectivity index (χ2v) is 2.94. The maximum Gasteiger partial charge on any atom is 0.0499 e. The van der Waals surface area contributed by atoms with E-state index >= 15 is 0 Å². The number of aliphatic hydroxyl groups is 1. The lowest BCUT2D eigenvalue weighted by Gasteiger charge is -2.10. The quantitative estimate of drug-likeness (QED) is 0.574. The van der Waals surface area contributed by atoms with Gasteiger partial charge in [0.1, 0.15) is 0 Å². The number of aliphatic hydroxyl groups excluding tert-OH is 1. The van der Waals surface area contributed by atoms with Gasteiger partial charge in [-0.2, -0.15) is 0 Å². The molecule has 2 N–H and O–H groups in total. The standard InChI is InChI=1S/C7H15NO/c1-2-8-5-7(6-9)3-4-7/h8-9H,2-6H2,1H3. The van der Waals surface area contributed by atoms with Crippen molar-refractivity contribution in [3.63, 3.8) is 0 Å². The molecule has 1 fully saturated rings. The summed E-state index contributed by atoms with van der Waals surface area (Å²) in [7, 11) is 0. The third-order valence-electron chi connectivity index (χ3n) is 2.04. The van der Waals surface area contributed by atoms with Crippen molar-refractivity contribution in [2.75, 3.05) is 19.7 Å². The fraction of sp³-hybridized carbons (Fsp3) is 1.00. The number of hydrogen-bond acceptors (Lipinski definition) is 2. The molecule has 0 atom stereocenters. The summed E-state index contributed by atoms with van der Waals surface area (Å²) < 4.78 is 0. The first-order valence-electron chi connectivity index (χ1n) is 3.64. The van der Waals surface area contributed by atoms with E-state index in [4.69, 9.17) is 5.11 Å². The van der Waals surface area contributed by atoms with E-state index in [2.05, 4.69) is 12.2 Å². The van der Waals surface area contributed by atoms with E-state index in [0.29, 0.717) is 6.61 Å². The minimum atomic E-state index is 0.288. The first kappa shape index (κ1) is 7.03. The van der Waals surface area contributed by atoms with Crippen molar-refractivity contribution in [3.05, 3.63) is 0 Å². The van der Waals surface area contributed by atoms with E-state index in [1.165, 1.54) is 12.8 Å². The molecular weight excluding hydrogens is 114 g/mol. The lowest BCUT2D eigenvalue weighted by Crippen LogP contribution is -2.25. The molecule has 0 radical (unpaired) electrons. The monoisotopic (exact) mass is 129 g/mol. The van der Waals surface area contributed by atoms with Gasteiger partial charge in [-0.15, -0.1) is 0 Å². The third kappa shape index (κ3) is 1.66. The zero-order valence-corrected chi connectivity index (χ0v) is 5.98. The molecule has 2 nitrogen and oxygen atoms in total. The van der Waals surface area contributed by atoms with Gasteiger partial charge in [0, 0.05) is 18.6 Å². The highest BCUT2D eigenvalue weighted by Gasteiger charge is 2.41. The average molecular weight is 129 g/mol. The van der Waals surface area contributed by atoms with Crippen LogP contribution >= 0.6 is 0 Å². The summed E-state index contributed by atoms with van der Waals surface area (Å²) in [6, 6.07) is 0. The molecule has 0 aromatic rings. The van der Waals surface area contributed by atoms with Gasteiger partial charge in [0.05, 0.1) is 0 Å². The highest BCUT2D eigenvalue weighted by molar-refractivity contribution is 4.93. The highest BCUT2D eigenvalue weighted by Crippen LogP contribution is 2.44. The lowest BCUT2D eigenvalue weighted by atomic mass is 10.1. The largest absolute Gasteiger partial charge is 0.396 e. The number of rotatable bonds is 4. The van der Waals surface area contributed by atoms with Crippen molar-refractivity contribution < 1.29 is 5.11 Å². The van der Waals surface area contributed by atoms with Crippen LogP contribution in [0.25, 0.3) is 0 Å². The van der Waals surface area contributed by atoms with Crippen LogP contribution in [0, 0.1) is 5.41 Å². The smallest absolute Gasteiger partial charge is 0.0499 e. The van der Waals surface area contributed by atoms with E-state index in [-0.39, 0.29) is 5.41 Å². The van der Waals surface area contributed by atoms with Crippen LogP contribution in [0.4, 0.5) is 0 Å². The molecule has 1 aliphatic carbocycles. The zero-order chi connectivity index (χ0) is 6.74. The van der Waals surface area contributed by atoms with Gasteiger partial charge >= 0.3 is 0 Å². The van der Waals surface area contributed by atoms with Gasteiger partial charge in [0.2, 0.25) is 0 Å². The molecule has 0 unspecified atom stereocenters. The van der Waals surface area contributed by atoms with Crippen LogP contribution in [0.5, 0.6) is 0 Å². The molecule has 0 aromatic heterocycles. The van der Waals surface area contributed by atoms with Crippen LogP contribution in [0.15, 0.2) is 0 Å². The van der Waals surface area contributed by atoms with Crippen LogP contribution in [0.3, 0.4) is 0 Å². The molecule has 54 valence electrons. The van der Waals surface area contributed by atoms with Crippen molar-refractivity contribution in [1.82, 2.24) is 5.32 Å². The van der Waals surface area contributed by atoms with E-state index in [1.807, 2.05) is 0 Å². The first-order chi connectivity index (χ1) is 4.33. The van der Waals surface area contributed by atoms with E-state index in [0.717, 1.165) is 13.1 Å². The Labute approximate surface area is 56.3 Å². The second kappa shape index (κ2) is 2.67. The van der Waals surface area contributed by atoms with Gasteiger partial charge in [-0.05, 0) is 19.4 Å². The summed E-state index contributed by atoms with van der Waals surface area (Å²) in [5, 5.41) is 12.1. The van der Waals surface area contributed by atoms with Gasteiger partial charge in [0.15, 0.2) is 0 Å². The van der Waals surface area contributed by atoms with Gasteiger partial charge < -0.3 is 10.4 Å². The Bertz CT molecular complexity index is 88.9. The molecule has 9 heavy (non-hydrogen) atoms. The predicted molar refractivity (Wildman–Crippen MR) is 37.3 cm³/mol. The normalized spacial score (nSPS) is 22.0. The molecule has 0 saturated heterocycles. The van der Waals surface area contributed by atoms with Crippen molar-refractivity contribution in [2.45, 2.75) is 19.8 Å². The summed E-state index contributed by atoms with van der Waals surface area (Å²) in [6.07, 6.45) is 2.41. The lowest BCUT2D eigenvalue weighted by molar-refractivity contribution is 0.208. The summed E-state index contributed by atoms with van der Waals surface area (Å²) in [4.78, 5) is 0. The van der Waals surface area contributed by atoms with Crippen molar-refractivity contribution >= 4 is 0 Å². The molecule has 0 amide bonds. The van der Waals surface area contributed by atoms with Gasteiger partial charge in [-0.1, -0.05) is 6.92 Å². The predicted octanol–water partition coefficient (Wildman–Crippen LogP) is 0.368. The molecule has 0 heterocycles. The first-order valence-corrected chi connectivity index (χ1v) is 3.64. The van der Waals surface area contributed by atoms with E-state index < -0.39 is 0 Å². The molecule has 2 heteroatoms. The third-order valence-corrected chi connectivity index (χ3v) is 2.04. The second-order valence-electron chi connectivity index (χ2n) is 2.94. The van der Waals surface area contributed by atoms with Crippen LogP contribution in [-0.2, 0) is 0 Å². The maximum atomic E-state index is 8.84.